The van der Waals surface area contributed by atoms with Gasteiger partial charge in [0.25, 0.3) is 0 Å². The Morgan fingerprint density at radius 3 is 2.52 bits per heavy atom. The Labute approximate surface area is 125 Å². The molecule has 0 aromatic heterocycles. The van der Waals surface area contributed by atoms with Gasteiger partial charge in [0.1, 0.15) is 12.4 Å². The molecule has 0 fully saturated rings. The van der Waals surface area contributed by atoms with Crippen molar-refractivity contribution in [3.63, 3.8) is 0 Å². The van der Waals surface area contributed by atoms with Crippen LogP contribution in [0.3, 0.4) is 0 Å². The van der Waals surface area contributed by atoms with Gasteiger partial charge in [0.05, 0.1) is 0 Å². The minimum Gasteiger partial charge on any atom is -0.492 e. The number of benzene rings is 1. The molecule has 1 N–H and O–H groups in total. The van der Waals surface area contributed by atoms with Gasteiger partial charge >= 0.3 is 5.97 Å². The number of carbonyl (C=O) groups is 1. The minimum absolute atomic E-state index is 0.513. The second-order valence-electron chi connectivity index (χ2n) is 4.39. The molecule has 0 bridgehead atoms. The summed E-state index contributed by atoms with van der Waals surface area (Å²) in [5.74, 6) is -0.305. The first kappa shape index (κ1) is 16.7. The van der Waals surface area contributed by atoms with E-state index in [4.69, 9.17) is 9.84 Å². The Bertz CT molecular complexity index is 499. The topological polar surface area (TPSA) is 49.8 Å². The van der Waals surface area contributed by atoms with Gasteiger partial charge in [0.2, 0.25) is 0 Å². The first-order chi connectivity index (χ1) is 10.2. The lowest BCUT2D eigenvalue weighted by atomic mass is 10.2. The van der Waals surface area contributed by atoms with Gasteiger partial charge in [-0.25, -0.2) is 4.79 Å². The number of carboxylic acids is 1. The molecule has 1 rings (SSSR count). The van der Waals surface area contributed by atoms with Gasteiger partial charge in [-0.05, 0) is 12.1 Å². The third-order valence-electron chi connectivity index (χ3n) is 2.76. The molecule has 0 aliphatic carbocycles. The Morgan fingerprint density at radius 1 is 1.24 bits per heavy atom. The maximum absolute atomic E-state index is 10.6. The van der Waals surface area contributed by atoms with Crippen LogP contribution in [-0.4, -0.2) is 42.2 Å². The number of para-hydroxylation sites is 1. The summed E-state index contributed by atoms with van der Waals surface area (Å²) >= 11 is 0. The molecule has 112 valence electrons. The van der Waals surface area contributed by atoms with Crippen LogP contribution < -0.4 is 4.74 Å². The van der Waals surface area contributed by atoms with Crippen molar-refractivity contribution in [3.05, 3.63) is 61.2 Å². The SMILES string of the molecule is C=CCN(CC=C)CCOc1ccccc1/C=C/C(=O)O. The predicted octanol–water partition coefficient (Wildman–Crippen LogP) is 2.84. The van der Waals surface area contributed by atoms with Gasteiger partial charge in [-0.3, -0.25) is 4.90 Å². The van der Waals surface area contributed by atoms with Crippen LogP contribution in [0, 0.1) is 0 Å². The molecule has 0 spiro atoms. The molecule has 1 aromatic carbocycles. The number of hydrogen-bond acceptors (Lipinski definition) is 3. The van der Waals surface area contributed by atoms with E-state index in [0.29, 0.717) is 12.4 Å². The molecule has 4 nitrogen and oxygen atoms in total. The summed E-state index contributed by atoms with van der Waals surface area (Å²) < 4.78 is 5.74. The number of ether oxygens (including phenoxy) is 1. The molecule has 0 saturated heterocycles. The lowest BCUT2D eigenvalue weighted by Gasteiger charge is -2.19. The largest absolute Gasteiger partial charge is 0.492 e. The highest BCUT2D eigenvalue weighted by Gasteiger charge is 2.03. The third kappa shape index (κ3) is 6.58. The van der Waals surface area contributed by atoms with Crippen LogP contribution in [-0.2, 0) is 4.79 Å². The number of nitrogens with zero attached hydrogens (tertiary/aromatic N) is 1. The molecule has 0 atom stereocenters. The second-order valence-corrected chi connectivity index (χ2v) is 4.39. The lowest BCUT2D eigenvalue weighted by molar-refractivity contribution is -0.131. The molecule has 21 heavy (non-hydrogen) atoms. The highest BCUT2D eigenvalue weighted by molar-refractivity contribution is 5.85. The Kier molecular flexibility index (Phi) is 7.61. The molecular weight excluding hydrogens is 266 g/mol. The van der Waals surface area contributed by atoms with Crippen LogP contribution in [0.2, 0.25) is 0 Å². The van der Waals surface area contributed by atoms with Gasteiger partial charge < -0.3 is 9.84 Å². The average molecular weight is 287 g/mol. The molecule has 0 amide bonds. The molecule has 0 aliphatic heterocycles. The highest BCUT2D eigenvalue weighted by atomic mass is 16.5. The van der Waals surface area contributed by atoms with Crippen LogP contribution in [0.4, 0.5) is 0 Å². The minimum atomic E-state index is -0.979. The maximum atomic E-state index is 10.6. The zero-order valence-corrected chi connectivity index (χ0v) is 12.1. The molecule has 0 unspecified atom stereocenters. The molecule has 4 heteroatoms. The molecule has 0 heterocycles. The van der Waals surface area contributed by atoms with E-state index in [1.54, 1.807) is 0 Å². The summed E-state index contributed by atoms with van der Waals surface area (Å²) in [6.45, 7) is 10.3. The normalized spacial score (nSPS) is 10.7. The predicted molar refractivity (Wildman–Crippen MR) is 85.4 cm³/mol. The van der Waals surface area contributed by atoms with Gasteiger partial charge in [-0.1, -0.05) is 30.4 Å². The smallest absolute Gasteiger partial charge is 0.328 e. The Morgan fingerprint density at radius 2 is 1.90 bits per heavy atom. The van der Waals surface area contributed by atoms with Crippen molar-refractivity contribution in [1.82, 2.24) is 4.90 Å². The van der Waals surface area contributed by atoms with Crippen molar-refractivity contribution in [2.24, 2.45) is 0 Å². The fourth-order valence-electron chi connectivity index (χ4n) is 1.82. The van der Waals surface area contributed by atoms with E-state index in [2.05, 4.69) is 18.1 Å². The fraction of sp³-hybridized carbons (Fsp3) is 0.235. The number of aliphatic carboxylic acids is 1. The fourth-order valence-corrected chi connectivity index (χ4v) is 1.82. The van der Waals surface area contributed by atoms with Gasteiger partial charge in [0, 0.05) is 31.3 Å². The average Bonchev–Trinajstić information content (AvgIpc) is 2.46. The maximum Gasteiger partial charge on any atom is 0.328 e. The van der Waals surface area contributed by atoms with Crippen LogP contribution in [0.5, 0.6) is 5.75 Å². The lowest BCUT2D eigenvalue weighted by Crippen LogP contribution is -2.28. The van der Waals surface area contributed by atoms with Crippen LogP contribution >= 0.6 is 0 Å². The van der Waals surface area contributed by atoms with Crippen molar-refractivity contribution in [1.29, 1.82) is 0 Å². The Hall–Kier alpha value is -2.33. The quantitative estimate of drug-likeness (QED) is 0.531. The second kappa shape index (κ2) is 9.55. The van der Waals surface area contributed by atoms with Crippen LogP contribution in [0.25, 0.3) is 6.08 Å². The summed E-state index contributed by atoms with van der Waals surface area (Å²) in [6, 6.07) is 7.35. The molecule has 0 radical (unpaired) electrons. The van der Waals surface area contributed by atoms with E-state index < -0.39 is 5.97 Å². The van der Waals surface area contributed by atoms with E-state index in [0.717, 1.165) is 31.3 Å². The van der Waals surface area contributed by atoms with Gasteiger partial charge in [0.15, 0.2) is 0 Å². The zero-order chi connectivity index (χ0) is 15.5. The molecule has 1 aromatic rings. The zero-order valence-electron chi connectivity index (χ0n) is 12.1. The monoisotopic (exact) mass is 287 g/mol. The van der Waals surface area contributed by atoms with E-state index >= 15 is 0 Å². The summed E-state index contributed by atoms with van der Waals surface area (Å²) in [5, 5.41) is 8.68. The number of hydrogen-bond donors (Lipinski definition) is 1. The summed E-state index contributed by atoms with van der Waals surface area (Å²) in [6.07, 6.45) is 6.31. The first-order valence-electron chi connectivity index (χ1n) is 6.74. The summed E-state index contributed by atoms with van der Waals surface area (Å²) in [4.78, 5) is 12.7. The Balaban J connectivity index is 2.60. The van der Waals surface area contributed by atoms with Crippen molar-refractivity contribution < 1.29 is 14.6 Å². The number of carboxylic acid groups (broad SMARTS) is 1. The molecule has 0 saturated carbocycles. The summed E-state index contributed by atoms with van der Waals surface area (Å²) in [7, 11) is 0. The van der Waals surface area contributed by atoms with Gasteiger partial charge in [-0.2, -0.15) is 0 Å². The first-order valence-corrected chi connectivity index (χ1v) is 6.74. The van der Waals surface area contributed by atoms with Crippen molar-refractivity contribution >= 4 is 12.0 Å². The van der Waals surface area contributed by atoms with E-state index in [-0.39, 0.29) is 0 Å². The standard InChI is InChI=1S/C17H21NO3/c1-3-11-18(12-4-2)13-14-21-16-8-6-5-7-15(16)9-10-17(19)20/h3-10H,1-2,11-14H2,(H,19,20)/b10-9+. The van der Waals surface area contributed by atoms with Gasteiger partial charge in [-0.15, -0.1) is 13.2 Å². The highest BCUT2D eigenvalue weighted by Crippen LogP contribution is 2.19. The number of rotatable bonds is 10. The van der Waals surface area contributed by atoms with Crippen molar-refractivity contribution in [2.75, 3.05) is 26.2 Å². The van der Waals surface area contributed by atoms with Crippen LogP contribution in [0.15, 0.2) is 55.7 Å². The molecule has 0 aliphatic rings. The van der Waals surface area contributed by atoms with E-state index in [1.165, 1.54) is 6.08 Å². The van der Waals surface area contributed by atoms with E-state index in [9.17, 15) is 4.79 Å². The molecular formula is C17H21NO3. The van der Waals surface area contributed by atoms with Crippen LogP contribution in [0.1, 0.15) is 5.56 Å². The third-order valence-corrected chi connectivity index (χ3v) is 2.76. The van der Waals surface area contributed by atoms with Crippen molar-refractivity contribution in [2.45, 2.75) is 0 Å². The van der Waals surface area contributed by atoms with E-state index in [1.807, 2.05) is 36.4 Å². The summed E-state index contributed by atoms with van der Waals surface area (Å²) in [5.41, 5.74) is 0.749. The van der Waals surface area contributed by atoms with Crippen molar-refractivity contribution in [3.8, 4) is 5.75 Å².